The van der Waals surface area contributed by atoms with E-state index in [4.69, 9.17) is 11.6 Å². The first-order valence-electron chi connectivity index (χ1n) is 12.5. The third kappa shape index (κ3) is 5.57. The monoisotopic (exact) mass is 546 g/mol. The van der Waals surface area contributed by atoms with E-state index in [1.807, 2.05) is 38.1 Å². The summed E-state index contributed by atoms with van der Waals surface area (Å²) < 4.78 is 42.5. The molecular formula is C32H26ClF3N2O. The number of rotatable bonds is 6. The Morgan fingerprint density at radius 2 is 1.56 bits per heavy atom. The lowest BCUT2D eigenvalue weighted by atomic mass is 10.0. The second-order valence-electron chi connectivity index (χ2n) is 9.57. The summed E-state index contributed by atoms with van der Waals surface area (Å²) in [7, 11) is 0. The van der Waals surface area contributed by atoms with Crippen LogP contribution in [0.3, 0.4) is 0 Å². The van der Waals surface area contributed by atoms with Crippen LogP contribution in [-0.2, 0) is 19.3 Å². The van der Waals surface area contributed by atoms with Crippen LogP contribution in [0.1, 0.15) is 38.3 Å². The van der Waals surface area contributed by atoms with Gasteiger partial charge < -0.3 is 9.88 Å². The predicted octanol–water partition coefficient (Wildman–Crippen LogP) is 8.58. The van der Waals surface area contributed by atoms with Gasteiger partial charge >= 0.3 is 6.18 Å². The standard InChI is InChI=1S/C32H26ClF3N2O/c1-20-21(2)38(19-22-8-10-24(11-9-22)23-6-4-3-5-7-23)30-15-13-25(16-28(20)30)31(39)37-18-26-12-14-27(33)17-29(26)32(34,35)36/h3-17H,18-19H2,1-2H3,(H,37,39). The van der Waals surface area contributed by atoms with E-state index in [1.54, 1.807) is 12.1 Å². The maximum absolute atomic E-state index is 13.4. The van der Waals surface area contributed by atoms with Crippen LogP contribution in [0, 0.1) is 13.8 Å². The molecule has 0 atom stereocenters. The second kappa shape index (κ2) is 10.6. The SMILES string of the molecule is Cc1c(C)n(Cc2ccc(-c3ccccc3)cc2)c2ccc(C(=O)NCc3ccc(Cl)cc3C(F)(F)F)cc12. The van der Waals surface area contributed by atoms with Crippen molar-refractivity contribution < 1.29 is 18.0 Å². The quantitative estimate of drug-likeness (QED) is 0.227. The molecule has 0 aliphatic rings. The molecule has 1 amide bonds. The van der Waals surface area contributed by atoms with Gasteiger partial charge in [-0.15, -0.1) is 0 Å². The molecule has 0 unspecified atom stereocenters. The van der Waals surface area contributed by atoms with E-state index >= 15 is 0 Å². The fraction of sp³-hybridized carbons (Fsp3) is 0.156. The first-order chi connectivity index (χ1) is 18.6. The maximum atomic E-state index is 13.4. The number of alkyl halides is 3. The molecule has 0 saturated heterocycles. The Labute approximate surface area is 229 Å². The predicted molar refractivity (Wildman–Crippen MR) is 150 cm³/mol. The zero-order valence-electron chi connectivity index (χ0n) is 21.4. The molecule has 7 heteroatoms. The Balaban J connectivity index is 1.36. The third-order valence-corrected chi connectivity index (χ3v) is 7.35. The van der Waals surface area contributed by atoms with Crippen LogP contribution in [0.15, 0.2) is 91.0 Å². The Morgan fingerprint density at radius 1 is 0.872 bits per heavy atom. The molecule has 1 aromatic heterocycles. The minimum Gasteiger partial charge on any atom is -0.348 e. The molecule has 0 bridgehead atoms. The van der Waals surface area contributed by atoms with E-state index in [0.29, 0.717) is 12.1 Å². The van der Waals surface area contributed by atoms with Crippen LogP contribution in [0.25, 0.3) is 22.0 Å². The molecule has 0 aliphatic heterocycles. The third-order valence-electron chi connectivity index (χ3n) is 7.12. The summed E-state index contributed by atoms with van der Waals surface area (Å²) in [5.41, 5.74) is 6.09. The van der Waals surface area contributed by atoms with E-state index in [-0.39, 0.29) is 17.1 Å². The van der Waals surface area contributed by atoms with Crippen LogP contribution >= 0.6 is 11.6 Å². The highest BCUT2D eigenvalue weighted by molar-refractivity contribution is 6.30. The summed E-state index contributed by atoms with van der Waals surface area (Å²) in [6.07, 6.45) is -4.57. The van der Waals surface area contributed by atoms with Crippen molar-refractivity contribution in [3.05, 3.63) is 130 Å². The molecule has 1 heterocycles. The number of halogens is 4. The lowest BCUT2D eigenvalue weighted by Crippen LogP contribution is -2.24. The van der Waals surface area contributed by atoms with E-state index in [1.165, 1.54) is 17.7 Å². The highest BCUT2D eigenvalue weighted by Gasteiger charge is 2.33. The molecule has 0 spiro atoms. The van der Waals surface area contributed by atoms with Gasteiger partial charge in [0.2, 0.25) is 0 Å². The number of carbonyl (C=O) groups excluding carboxylic acids is 1. The van der Waals surface area contributed by atoms with Crippen molar-refractivity contribution >= 4 is 28.4 Å². The minimum atomic E-state index is -4.57. The maximum Gasteiger partial charge on any atom is 0.416 e. The van der Waals surface area contributed by atoms with Crippen molar-refractivity contribution in [1.82, 2.24) is 9.88 Å². The summed E-state index contributed by atoms with van der Waals surface area (Å²) in [5.74, 6) is -0.443. The molecule has 5 aromatic rings. The molecule has 198 valence electrons. The van der Waals surface area contributed by atoms with Gasteiger partial charge in [0.1, 0.15) is 0 Å². The number of aryl methyl sites for hydroxylation is 1. The number of aromatic nitrogens is 1. The van der Waals surface area contributed by atoms with E-state index < -0.39 is 17.6 Å². The normalized spacial score (nSPS) is 11.6. The Morgan fingerprint density at radius 3 is 2.26 bits per heavy atom. The molecule has 0 radical (unpaired) electrons. The molecule has 0 aliphatic carbocycles. The Bertz CT molecular complexity index is 1660. The largest absolute Gasteiger partial charge is 0.416 e. The smallest absolute Gasteiger partial charge is 0.348 e. The number of fused-ring (bicyclic) bond motifs is 1. The first kappa shape index (κ1) is 26.6. The number of nitrogens with one attached hydrogen (secondary N) is 1. The van der Waals surface area contributed by atoms with Crippen molar-refractivity contribution in [2.45, 2.75) is 33.1 Å². The van der Waals surface area contributed by atoms with Crippen molar-refractivity contribution in [1.29, 1.82) is 0 Å². The molecular weight excluding hydrogens is 521 g/mol. The molecule has 4 aromatic carbocycles. The van der Waals surface area contributed by atoms with Gasteiger partial charge in [-0.05, 0) is 72.0 Å². The minimum absolute atomic E-state index is 0.00894. The topological polar surface area (TPSA) is 34.0 Å². The lowest BCUT2D eigenvalue weighted by Gasteiger charge is -2.14. The van der Waals surface area contributed by atoms with E-state index in [9.17, 15) is 18.0 Å². The summed E-state index contributed by atoms with van der Waals surface area (Å²) in [6.45, 7) is 4.47. The van der Waals surface area contributed by atoms with Crippen LogP contribution in [0.2, 0.25) is 5.02 Å². The van der Waals surface area contributed by atoms with Crippen LogP contribution in [0.4, 0.5) is 13.2 Å². The van der Waals surface area contributed by atoms with Gasteiger partial charge in [0.05, 0.1) is 5.56 Å². The zero-order valence-corrected chi connectivity index (χ0v) is 22.2. The highest BCUT2D eigenvalue weighted by atomic mass is 35.5. The molecule has 39 heavy (non-hydrogen) atoms. The number of nitrogens with zero attached hydrogens (tertiary/aromatic N) is 1. The summed E-state index contributed by atoms with van der Waals surface area (Å²) in [4.78, 5) is 12.9. The van der Waals surface area contributed by atoms with Crippen molar-refractivity contribution in [3.8, 4) is 11.1 Å². The molecule has 1 N–H and O–H groups in total. The summed E-state index contributed by atoms with van der Waals surface area (Å²) in [6, 6.07) is 27.6. The summed E-state index contributed by atoms with van der Waals surface area (Å²) >= 11 is 5.76. The molecule has 3 nitrogen and oxygen atoms in total. The fourth-order valence-corrected chi connectivity index (χ4v) is 5.03. The van der Waals surface area contributed by atoms with Gasteiger partial charge in [-0.3, -0.25) is 4.79 Å². The van der Waals surface area contributed by atoms with Crippen molar-refractivity contribution in [2.75, 3.05) is 0 Å². The van der Waals surface area contributed by atoms with E-state index in [0.717, 1.165) is 39.4 Å². The van der Waals surface area contributed by atoms with E-state index in [2.05, 4.69) is 46.3 Å². The Hall–Kier alpha value is -4.03. The zero-order chi connectivity index (χ0) is 27.7. The molecule has 0 fully saturated rings. The summed E-state index contributed by atoms with van der Waals surface area (Å²) in [5, 5.41) is 3.55. The lowest BCUT2D eigenvalue weighted by molar-refractivity contribution is -0.138. The Kier molecular flexibility index (Phi) is 7.23. The van der Waals surface area contributed by atoms with Crippen molar-refractivity contribution in [2.24, 2.45) is 0 Å². The van der Waals surface area contributed by atoms with Gasteiger partial charge in [0, 0.05) is 40.3 Å². The number of amides is 1. The van der Waals surface area contributed by atoms with Crippen LogP contribution in [0.5, 0.6) is 0 Å². The van der Waals surface area contributed by atoms with Gasteiger partial charge in [-0.25, -0.2) is 0 Å². The van der Waals surface area contributed by atoms with Gasteiger partial charge in [0.25, 0.3) is 5.91 Å². The number of hydrogen-bond donors (Lipinski definition) is 1. The highest BCUT2D eigenvalue weighted by Crippen LogP contribution is 2.34. The van der Waals surface area contributed by atoms with Crippen LogP contribution in [-0.4, -0.2) is 10.5 Å². The van der Waals surface area contributed by atoms with Gasteiger partial charge in [-0.2, -0.15) is 13.2 Å². The molecule has 5 rings (SSSR count). The average molecular weight is 547 g/mol. The number of carbonyl (C=O) groups is 1. The second-order valence-corrected chi connectivity index (χ2v) is 10.0. The number of hydrogen-bond acceptors (Lipinski definition) is 1. The van der Waals surface area contributed by atoms with Gasteiger partial charge in [-0.1, -0.05) is 72.3 Å². The van der Waals surface area contributed by atoms with Crippen LogP contribution < -0.4 is 5.32 Å². The number of benzene rings is 4. The van der Waals surface area contributed by atoms with Gasteiger partial charge in [0.15, 0.2) is 0 Å². The first-order valence-corrected chi connectivity index (χ1v) is 12.9. The van der Waals surface area contributed by atoms with Crippen molar-refractivity contribution in [3.63, 3.8) is 0 Å². The molecule has 0 saturated carbocycles. The fourth-order valence-electron chi connectivity index (χ4n) is 4.85. The average Bonchev–Trinajstić information content (AvgIpc) is 3.16.